The lowest BCUT2D eigenvalue weighted by Crippen LogP contribution is -2.37. The molecule has 1 amide bonds. The third kappa shape index (κ3) is 5.31. The van der Waals surface area contributed by atoms with Crippen LogP contribution in [0.25, 0.3) is 0 Å². The van der Waals surface area contributed by atoms with Crippen LogP contribution in [-0.4, -0.2) is 44.2 Å². The van der Waals surface area contributed by atoms with Crippen molar-refractivity contribution in [2.24, 2.45) is 5.92 Å². The van der Waals surface area contributed by atoms with Crippen LogP contribution in [0.5, 0.6) is 0 Å². The van der Waals surface area contributed by atoms with Crippen molar-refractivity contribution in [2.75, 3.05) is 18.8 Å². The predicted octanol–water partition coefficient (Wildman–Crippen LogP) is 1.14. The first kappa shape index (κ1) is 18.4. The van der Waals surface area contributed by atoms with Gasteiger partial charge in [0.1, 0.15) is 0 Å². The molecule has 1 aromatic carbocycles. The SMILES string of the molecule is Cc1cc(C(=O)O)cc(C(=O)NCCS(=O)(=O)NCC2CCC2)c1. The van der Waals surface area contributed by atoms with Crippen LogP contribution < -0.4 is 10.0 Å². The summed E-state index contributed by atoms with van der Waals surface area (Å²) in [4.78, 5) is 23.1. The number of rotatable bonds is 8. The van der Waals surface area contributed by atoms with Crippen molar-refractivity contribution in [3.63, 3.8) is 0 Å². The van der Waals surface area contributed by atoms with Gasteiger partial charge < -0.3 is 10.4 Å². The Hall–Kier alpha value is -1.93. The van der Waals surface area contributed by atoms with E-state index in [2.05, 4.69) is 10.0 Å². The lowest BCUT2D eigenvalue weighted by Gasteiger charge is -2.25. The van der Waals surface area contributed by atoms with Crippen LogP contribution in [0.2, 0.25) is 0 Å². The van der Waals surface area contributed by atoms with Crippen molar-refractivity contribution in [1.82, 2.24) is 10.0 Å². The summed E-state index contributed by atoms with van der Waals surface area (Å²) < 4.78 is 26.3. The molecule has 0 aromatic heterocycles. The minimum absolute atomic E-state index is 0.0231. The lowest BCUT2D eigenvalue weighted by atomic mass is 9.86. The molecule has 0 bridgehead atoms. The summed E-state index contributed by atoms with van der Waals surface area (Å²) in [6.07, 6.45) is 3.26. The molecule has 2 rings (SSSR count). The first-order valence-electron chi connectivity index (χ1n) is 7.87. The second-order valence-corrected chi connectivity index (χ2v) is 8.04. The molecule has 8 heteroatoms. The van der Waals surface area contributed by atoms with Gasteiger partial charge in [-0.05, 0) is 49.4 Å². The number of carbonyl (C=O) groups excluding carboxylic acids is 1. The average molecular weight is 354 g/mol. The highest BCUT2D eigenvalue weighted by molar-refractivity contribution is 7.89. The smallest absolute Gasteiger partial charge is 0.335 e. The largest absolute Gasteiger partial charge is 0.478 e. The summed E-state index contributed by atoms with van der Waals surface area (Å²) in [5.41, 5.74) is 0.872. The van der Waals surface area contributed by atoms with E-state index in [4.69, 9.17) is 5.11 Å². The summed E-state index contributed by atoms with van der Waals surface area (Å²) in [7, 11) is -3.42. The Morgan fingerprint density at radius 2 is 1.88 bits per heavy atom. The number of carboxylic acids is 1. The highest BCUT2D eigenvalue weighted by Crippen LogP contribution is 2.25. The van der Waals surface area contributed by atoms with E-state index in [0.717, 1.165) is 19.3 Å². The fourth-order valence-corrected chi connectivity index (χ4v) is 3.46. The number of benzene rings is 1. The number of carbonyl (C=O) groups is 2. The van der Waals surface area contributed by atoms with Gasteiger partial charge in [0.15, 0.2) is 0 Å². The summed E-state index contributed by atoms with van der Waals surface area (Å²) in [5.74, 6) is -1.38. The molecule has 7 nitrogen and oxygen atoms in total. The Balaban J connectivity index is 1.85. The zero-order valence-corrected chi connectivity index (χ0v) is 14.4. The molecule has 0 spiro atoms. The van der Waals surface area contributed by atoms with Crippen LogP contribution in [-0.2, 0) is 10.0 Å². The predicted molar refractivity (Wildman–Crippen MR) is 89.6 cm³/mol. The molecule has 0 aliphatic heterocycles. The first-order valence-corrected chi connectivity index (χ1v) is 9.52. The standard InChI is InChI=1S/C16H22N2O5S/c1-11-7-13(9-14(8-11)16(20)21)15(19)17-5-6-24(22,23)18-10-12-3-2-4-12/h7-9,12,18H,2-6,10H2,1H3,(H,17,19)(H,20,21). The highest BCUT2D eigenvalue weighted by atomic mass is 32.2. The molecule has 132 valence electrons. The highest BCUT2D eigenvalue weighted by Gasteiger charge is 2.20. The van der Waals surface area contributed by atoms with Gasteiger partial charge in [0, 0.05) is 18.7 Å². The second-order valence-electron chi connectivity index (χ2n) is 6.11. The number of sulfonamides is 1. The van der Waals surface area contributed by atoms with Gasteiger partial charge in [-0.1, -0.05) is 6.42 Å². The zero-order chi connectivity index (χ0) is 17.7. The normalized spacial score (nSPS) is 14.9. The third-order valence-electron chi connectivity index (χ3n) is 4.06. The van der Waals surface area contributed by atoms with Gasteiger partial charge in [0.25, 0.3) is 5.91 Å². The van der Waals surface area contributed by atoms with Crippen molar-refractivity contribution >= 4 is 21.9 Å². The molecule has 1 aliphatic carbocycles. The van der Waals surface area contributed by atoms with Crippen LogP contribution in [0.3, 0.4) is 0 Å². The number of nitrogens with one attached hydrogen (secondary N) is 2. The fraction of sp³-hybridized carbons (Fsp3) is 0.500. The summed E-state index contributed by atoms with van der Waals surface area (Å²) in [6.45, 7) is 2.11. The van der Waals surface area contributed by atoms with Gasteiger partial charge in [0.05, 0.1) is 11.3 Å². The molecular formula is C16H22N2O5S. The van der Waals surface area contributed by atoms with E-state index in [9.17, 15) is 18.0 Å². The minimum atomic E-state index is -3.42. The molecule has 1 saturated carbocycles. The van der Waals surface area contributed by atoms with Gasteiger partial charge in [-0.25, -0.2) is 17.9 Å². The quantitative estimate of drug-likeness (QED) is 0.648. The average Bonchev–Trinajstić information content (AvgIpc) is 2.44. The maximum atomic E-state index is 12.1. The van der Waals surface area contributed by atoms with E-state index in [1.165, 1.54) is 12.1 Å². The monoisotopic (exact) mass is 354 g/mol. The molecule has 1 aliphatic rings. The summed E-state index contributed by atoms with van der Waals surface area (Å²) in [5, 5.41) is 11.5. The number of hydrogen-bond acceptors (Lipinski definition) is 4. The molecule has 24 heavy (non-hydrogen) atoms. The molecule has 0 atom stereocenters. The Labute approximate surface area is 141 Å². The first-order chi connectivity index (χ1) is 11.3. The lowest BCUT2D eigenvalue weighted by molar-refractivity contribution is 0.0696. The van der Waals surface area contributed by atoms with Crippen molar-refractivity contribution in [1.29, 1.82) is 0 Å². The maximum Gasteiger partial charge on any atom is 0.335 e. The fourth-order valence-electron chi connectivity index (χ4n) is 2.45. The number of hydrogen-bond donors (Lipinski definition) is 3. The van der Waals surface area contributed by atoms with Crippen molar-refractivity contribution in [3.8, 4) is 0 Å². The molecule has 3 N–H and O–H groups in total. The van der Waals surface area contributed by atoms with Crippen LogP contribution in [0, 0.1) is 12.8 Å². The number of amides is 1. The molecule has 1 fully saturated rings. The number of aromatic carboxylic acids is 1. The third-order valence-corrected chi connectivity index (χ3v) is 5.41. The zero-order valence-electron chi connectivity index (χ0n) is 13.5. The summed E-state index contributed by atoms with van der Waals surface area (Å²) >= 11 is 0. The molecule has 0 saturated heterocycles. The van der Waals surface area contributed by atoms with Crippen LogP contribution in [0.4, 0.5) is 0 Å². The second kappa shape index (κ2) is 7.76. The molecule has 0 radical (unpaired) electrons. The van der Waals surface area contributed by atoms with Gasteiger partial charge in [-0.15, -0.1) is 0 Å². The van der Waals surface area contributed by atoms with E-state index in [1.807, 2.05) is 0 Å². The van der Waals surface area contributed by atoms with E-state index >= 15 is 0 Å². The number of carboxylic acid groups (broad SMARTS) is 1. The minimum Gasteiger partial charge on any atom is -0.478 e. The van der Waals surface area contributed by atoms with E-state index in [0.29, 0.717) is 18.0 Å². The van der Waals surface area contributed by atoms with Crippen LogP contribution >= 0.6 is 0 Å². The van der Waals surface area contributed by atoms with Crippen molar-refractivity contribution in [2.45, 2.75) is 26.2 Å². The molecule has 1 aromatic rings. The van der Waals surface area contributed by atoms with Gasteiger partial charge >= 0.3 is 5.97 Å². The molecule has 0 heterocycles. The summed E-state index contributed by atoms with van der Waals surface area (Å²) in [6, 6.07) is 4.30. The van der Waals surface area contributed by atoms with Crippen molar-refractivity contribution in [3.05, 3.63) is 34.9 Å². The van der Waals surface area contributed by atoms with E-state index < -0.39 is 21.9 Å². The van der Waals surface area contributed by atoms with E-state index in [-0.39, 0.29) is 23.4 Å². The number of aryl methyl sites for hydroxylation is 1. The Bertz CT molecular complexity index is 726. The van der Waals surface area contributed by atoms with Gasteiger partial charge in [-0.3, -0.25) is 4.79 Å². The van der Waals surface area contributed by atoms with Crippen molar-refractivity contribution < 1.29 is 23.1 Å². The topological polar surface area (TPSA) is 113 Å². The molecular weight excluding hydrogens is 332 g/mol. The van der Waals surface area contributed by atoms with Crippen LogP contribution in [0.1, 0.15) is 45.5 Å². The van der Waals surface area contributed by atoms with Crippen LogP contribution in [0.15, 0.2) is 18.2 Å². The maximum absolute atomic E-state index is 12.1. The Kier molecular flexibility index (Phi) is 5.95. The Morgan fingerprint density at radius 3 is 2.46 bits per heavy atom. The van der Waals surface area contributed by atoms with E-state index in [1.54, 1.807) is 13.0 Å². The van der Waals surface area contributed by atoms with Gasteiger partial charge in [-0.2, -0.15) is 0 Å². The van der Waals surface area contributed by atoms with Gasteiger partial charge in [0.2, 0.25) is 10.0 Å². The Morgan fingerprint density at radius 1 is 1.21 bits per heavy atom. The molecule has 0 unspecified atom stereocenters.